The van der Waals surface area contributed by atoms with E-state index in [1.165, 1.54) is 4.57 Å². The van der Waals surface area contributed by atoms with Crippen LogP contribution in [0.25, 0.3) is 21.7 Å². The van der Waals surface area contributed by atoms with Crippen molar-refractivity contribution in [2.75, 3.05) is 6.54 Å². The van der Waals surface area contributed by atoms with Gasteiger partial charge >= 0.3 is 0 Å². The zero-order valence-corrected chi connectivity index (χ0v) is 18.6. The summed E-state index contributed by atoms with van der Waals surface area (Å²) in [4.78, 5) is 33.1. The number of halogens is 1. The molecule has 0 aliphatic carbocycles. The molecular weight excluding hydrogens is 410 g/mol. The van der Waals surface area contributed by atoms with Gasteiger partial charge in [-0.25, -0.2) is 4.98 Å². The second-order valence-electron chi connectivity index (χ2n) is 7.70. The Morgan fingerprint density at radius 2 is 1.84 bits per heavy atom. The molecule has 1 unspecified atom stereocenters. The number of hydrogen-bond acceptors (Lipinski definition) is 3. The van der Waals surface area contributed by atoms with Crippen LogP contribution < -0.4 is 5.56 Å². The van der Waals surface area contributed by atoms with Crippen LogP contribution >= 0.6 is 11.6 Å². The highest BCUT2D eigenvalue weighted by molar-refractivity contribution is 6.31. The van der Waals surface area contributed by atoms with Gasteiger partial charge in [0.05, 0.1) is 16.9 Å². The number of nitrogens with zero attached hydrogens (tertiary/aromatic N) is 3. The fourth-order valence-electron chi connectivity index (χ4n) is 4.05. The average Bonchev–Trinajstić information content (AvgIpc) is 2.79. The first-order valence-corrected chi connectivity index (χ1v) is 10.7. The molecule has 0 saturated heterocycles. The number of amides is 1. The maximum Gasteiger partial charge on any atom is 0.261 e. The first kappa shape index (κ1) is 21.1. The third-order valence-electron chi connectivity index (χ3n) is 5.66. The molecule has 0 spiro atoms. The van der Waals surface area contributed by atoms with Crippen LogP contribution in [0.4, 0.5) is 0 Å². The molecule has 158 valence electrons. The number of hydrogen-bond donors (Lipinski definition) is 0. The molecule has 4 rings (SSSR count). The van der Waals surface area contributed by atoms with Crippen LogP contribution in [0, 0.1) is 0 Å². The quantitative estimate of drug-likeness (QED) is 0.426. The molecular formula is C25H24ClN3O2. The van der Waals surface area contributed by atoms with Gasteiger partial charge in [-0.2, -0.15) is 0 Å². The van der Waals surface area contributed by atoms with Gasteiger partial charge in [0.25, 0.3) is 11.5 Å². The van der Waals surface area contributed by atoms with E-state index in [1.54, 1.807) is 30.1 Å². The van der Waals surface area contributed by atoms with Gasteiger partial charge in [0, 0.05) is 24.2 Å². The Morgan fingerprint density at radius 1 is 1.10 bits per heavy atom. The van der Waals surface area contributed by atoms with Crippen molar-refractivity contribution < 1.29 is 4.79 Å². The third kappa shape index (κ3) is 3.81. The van der Waals surface area contributed by atoms with E-state index < -0.39 is 0 Å². The van der Waals surface area contributed by atoms with E-state index in [2.05, 4.69) is 0 Å². The standard InChI is InChI=1S/C25H24ClN3O2/c1-4-14-29(25(31)20-11-7-9-17-8-5-6-10-19(17)20)16(2)23-27-22-13-12-18(26)15-21(22)24(30)28(23)3/h5-13,15-16H,4,14H2,1-3H3. The van der Waals surface area contributed by atoms with Crippen molar-refractivity contribution in [1.82, 2.24) is 14.5 Å². The van der Waals surface area contributed by atoms with Crippen LogP contribution in [-0.4, -0.2) is 26.9 Å². The van der Waals surface area contributed by atoms with Crippen molar-refractivity contribution in [3.63, 3.8) is 0 Å². The minimum Gasteiger partial charge on any atom is -0.329 e. The Labute approximate surface area is 185 Å². The lowest BCUT2D eigenvalue weighted by molar-refractivity contribution is 0.0682. The molecule has 6 heteroatoms. The van der Waals surface area contributed by atoms with Crippen molar-refractivity contribution in [2.45, 2.75) is 26.3 Å². The Kier molecular flexibility index (Phi) is 5.79. The van der Waals surface area contributed by atoms with E-state index in [9.17, 15) is 9.59 Å². The van der Waals surface area contributed by atoms with E-state index in [0.29, 0.717) is 33.9 Å². The molecule has 0 saturated carbocycles. The number of carbonyl (C=O) groups excluding carboxylic acids is 1. The molecule has 0 radical (unpaired) electrons. The summed E-state index contributed by atoms with van der Waals surface area (Å²) in [5.74, 6) is 0.471. The van der Waals surface area contributed by atoms with Gasteiger partial charge in [-0.05, 0) is 48.4 Å². The summed E-state index contributed by atoms with van der Waals surface area (Å²) < 4.78 is 1.52. The van der Waals surface area contributed by atoms with Crippen molar-refractivity contribution in [1.29, 1.82) is 0 Å². The number of rotatable bonds is 5. The van der Waals surface area contributed by atoms with Crippen LogP contribution in [0.5, 0.6) is 0 Å². The van der Waals surface area contributed by atoms with Gasteiger partial charge in [0.2, 0.25) is 0 Å². The molecule has 0 aliphatic heterocycles. The third-order valence-corrected chi connectivity index (χ3v) is 5.89. The van der Waals surface area contributed by atoms with Crippen LogP contribution in [0.15, 0.2) is 65.5 Å². The number of benzene rings is 3. The van der Waals surface area contributed by atoms with Crippen LogP contribution in [0.3, 0.4) is 0 Å². The first-order chi connectivity index (χ1) is 14.9. The molecule has 0 bridgehead atoms. The van der Waals surface area contributed by atoms with Crippen molar-refractivity contribution in [3.05, 3.63) is 87.4 Å². The largest absolute Gasteiger partial charge is 0.329 e. The zero-order chi connectivity index (χ0) is 22.1. The van der Waals surface area contributed by atoms with Crippen LogP contribution in [0.1, 0.15) is 42.5 Å². The highest BCUT2D eigenvalue weighted by atomic mass is 35.5. The highest BCUT2D eigenvalue weighted by Gasteiger charge is 2.26. The lowest BCUT2D eigenvalue weighted by Gasteiger charge is -2.30. The monoisotopic (exact) mass is 433 g/mol. The molecule has 3 aromatic carbocycles. The summed E-state index contributed by atoms with van der Waals surface area (Å²) >= 11 is 6.07. The highest BCUT2D eigenvalue weighted by Crippen LogP contribution is 2.26. The second kappa shape index (κ2) is 8.52. The molecule has 0 aliphatic rings. The maximum absolute atomic E-state index is 13.7. The van der Waals surface area contributed by atoms with Crippen molar-refractivity contribution >= 4 is 39.2 Å². The fraction of sp³-hybridized carbons (Fsp3) is 0.240. The molecule has 1 amide bonds. The number of fused-ring (bicyclic) bond motifs is 2. The summed E-state index contributed by atoms with van der Waals surface area (Å²) in [6, 6.07) is 18.3. The Balaban J connectivity index is 1.82. The average molecular weight is 434 g/mol. The van der Waals surface area contributed by atoms with E-state index >= 15 is 0 Å². The minimum atomic E-state index is -0.385. The Morgan fingerprint density at radius 3 is 2.61 bits per heavy atom. The summed E-state index contributed by atoms with van der Waals surface area (Å²) in [6.45, 7) is 4.50. The zero-order valence-electron chi connectivity index (χ0n) is 17.8. The summed E-state index contributed by atoms with van der Waals surface area (Å²) in [7, 11) is 1.69. The predicted octanol–water partition coefficient (Wildman–Crippen LogP) is 5.35. The molecule has 0 fully saturated rings. The molecule has 31 heavy (non-hydrogen) atoms. The normalized spacial score (nSPS) is 12.3. The first-order valence-electron chi connectivity index (χ1n) is 10.4. The van der Waals surface area contributed by atoms with Gasteiger partial charge in [-0.3, -0.25) is 14.2 Å². The van der Waals surface area contributed by atoms with E-state index in [4.69, 9.17) is 16.6 Å². The minimum absolute atomic E-state index is 0.0726. The molecule has 1 heterocycles. The van der Waals surface area contributed by atoms with E-state index in [-0.39, 0.29) is 17.5 Å². The predicted molar refractivity (Wildman–Crippen MR) is 126 cm³/mol. The van der Waals surface area contributed by atoms with E-state index in [1.807, 2.05) is 56.3 Å². The molecule has 1 aromatic heterocycles. The molecule has 5 nitrogen and oxygen atoms in total. The topological polar surface area (TPSA) is 55.2 Å². The summed E-state index contributed by atoms with van der Waals surface area (Å²) in [6.07, 6.45) is 0.790. The van der Waals surface area contributed by atoms with Crippen LogP contribution in [0.2, 0.25) is 5.02 Å². The summed E-state index contributed by atoms with van der Waals surface area (Å²) in [5, 5.41) is 2.89. The van der Waals surface area contributed by atoms with Crippen molar-refractivity contribution in [3.8, 4) is 0 Å². The lowest BCUT2D eigenvalue weighted by Crippen LogP contribution is -2.37. The smallest absolute Gasteiger partial charge is 0.261 e. The van der Waals surface area contributed by atoms with Gasteiger partial charge in [0.15, 0.2) is 0 Å². The SMILES string of the molecule is CCCN(C(=O)c1cccc2ccccc12)C(C)c1nc2ccc(Cl)cc2c(=O)n1C. The Bertz CT molecular complexity index is 1340. The van der Waals surface area contributed by atoms with Crippen molar-refractivity contribution in [2.24, 2.45) is 7.05 Å². The van der Waals surface area contributed by atoms with E-state index in [0.717, 1.165) is 17.2 Å². The maximum atomic E-state index is 13.7. The number of aromatic nitrogens is 2. The lowest BCUT2D eigenvalue weighted by atomic mass is 10.0. The molecule has 1 atom stereocenters. The van der Waals surface area contributed by atoms with Gasteiger partial charge in [-0.15, -0.1) is 0 Å². The Hall–Kier alpha value is -3.18. The fourth-order valence-corrected chi connectivity index (χ4v) is 4.22. The second-order valence-corrected chi connectivity index (χ2v) is 8.13. The van der Waals surface area contributed by atoms with Gasteiger partial charge in [-0.1, -0.05) is 54.9 Å². The summed E-state index contributed by atoms with van der Waals surface area (Å²) in [5.41, 5.74) is 1.04. The molecule has 4 aromatic rings. The number of carbonyl (C=O) groups is 1. The molecule has 0 N–H and O–H groups in total. The van der Waals surface area contributed by atoms with Crippen LogP contribution in [-0.2, 0) is 7.05 Å². The van der Waals surface area contributed by atoms with Gasteiger partial charge < -0.3 is 4.90 Å². The van der Waals surface area contributed by atoms with Gasteiger partial charge in [0.1, 0.15) is 5.82 Å².